The highest BCUT2D eigenvalue weighted by atomic mass is 16.1. The average Bonchev–Trinajstić information content (AvgIpc) is 3.01. The van der Waals surface area contributed by atoms with Gasteiger partial charge in [-0.05, 0) is 72.0 Å². The molecule has 4 aliphatic rings. The van der Waals surface area contributed by atoms with Gasteiger partial charge in [0.25, 0.3) is 0 Å². The Hall–Kier alpha value is -0.330. The van der Waals surface area contributed by atoms with Crippen LogP contribution in [-0.2, 0) is 4.79 Å². The molecule has 0 aromatic rings. The maximum absolute atomic E-state index is 13.1. The van der Waals surface area contributed by atoms with Crippen molar-refractivity contribution < 1.29 is 4.79 Å². The first-order valence-corrected chi connectivity index (χ1v) is 9.25. The molecule has 1 heteroatoms. The Balaban J connectivity index is 1.80. The smallest absolute Gasteiger partial charge is 0.137 e. The minimum Gasteiger partial charge on any atom is -0.299 e. The van der Waals surface area contributed by atoms with E-state index in [1.165, 1.54) is 32.1 Å². The standard InChI is InChI=1S/C20H32O/c1-12-6-7-13(2)20(12)11-15(21)16-14(20)10-19(5)9-8-18(3,4)17(16)19/h12-14,16-17H,6-11H2,1-5H3/t12-,13+,14-,16+,17-,19-,20?/m1/s1. The molecule has 0 amide bonds. The largest absolute Gasteiger partial charge is 0.299 e. The molecule has 1 unspecified atom stereocenters. The van der Waals surface area contributed by atoms with E-state index in [4.69, 9.17) is 0 Å². The van der Waals surface area contributed by atoms with E-state index in [9.17, 15) is 4.79 Å². The first-order chi connectivity index (χ1) is 9.72. The molecule has 0 saturated heterocycles. The second kappa shape index (κ2) is 3.95. The van der Waals surface area contributed by atoms with Crippen LogP contribution in [0.25, 0.3) is 0 Å². The lowest BCUT2D eigenvalue weighted by Gasteiger charge is -2.40. The molecule has 0 aromatic carbocycles. The highest BCUT2D eigenvalue weighted by Crippen LogP contribution is 2.74. The fourth-order valence-electron chi connectivity index (χ4n) is 7.96. The molecule has 118 valence electrons. The molecule has 4 rings (SSSR count). The van der Waals surface area contributed by atoms with Gasteiger partial charge in [0.15, 0.2) is 0 Å². The molecule has 0 radical (unpaired) electrons. The molecule has 0 bridgehead atoms. The van der Waals surface area contributed by atoms with E-state index >= 15 is 0 Å². The molecule has 4 saturated carbocycles. The summed E-state index contributed by atoms with van der Waals surface area (Å²) < 4.78 is 0. The molecule has 0 heterocycles. The lowest BCUT2D eigenvalue weighted by Crippen LogP contribution is -2.35. The van der Waals surface area contributed by atoms with Crippen LogP contribution < -0.4 is 0 Å². The van der Waals surface area contributed by atoms with E-state index in [1.54, 1.807) is 0 Å². The summed E-state index contributed by atoms with van der Waals surface area (Å²) >= 11 is 0. The van der Waals surface area contributed by atoms with Crippen LogP contribution in [0.2, 0.25) is 0 Å². The molecular weight excluding hydrogens is 256 g/mol. The topological polar surface area (TPSA) is 17.1 Å². The van der Waals surface area contributed by atoms with E-state index in [0.29, 0.717) is 39.8 Å². The lowest BCUT2D eigenvalue weighted by molar-refractivity contribution is -0.124. The van der Waals surface area contributed by atoms with Crippen molar-refractivity contribution in [2.24, 2.45) is 45.8 Å². The summed E-state index contributed by atoms with van der Waals surface area (Å²) in [5.41, 5.74) is 1.19. The first-order valence-electron chi connectivity index (χ1n) is 9.25. The van der Waals surface area contributed by atoms with E-state index in [1.807, 2.05) is 0 Å². The number of fused-ring (bicyclic) bond motifs is 4. The Kier molecular flexibility index (Phi) is 2.68. The molecule has 0 aliphatic heterocycles. The highest BCUT2D eigenvalue weighted by molar-refractivity contribution is 5.86. The van der Waals surface area contributed by atoms with Gasteiger partial charge >= 0.3 is 0 Å². The molecule has 1 spiro atoms. The van der Waals surface area contributed by atoms with E-state index in [2.05, 4.69) is 34.6 Å². The first kappa shape index (κ1) is 14.3. The third kappa shape index (κ3) is 1.51. The Morgan fingerprint density at radius 3 is 2.24 bits per heavy atom. The predicted octanol–water partition coefficient (Wildman–Crippen LogP) is 5.09. The Morgan fingerprint density at radius 1 is 1.00 bits per heavy atom. The van der Waals surface area contributed by atoms with Crippen molar-refractivity contribution in [3.63, 3.8) is 0 Å². The lowest BCUT2D eigenvalue weighted by atomic mass is 9.64. The maximum Gasteiger partial charge on any atom is 0.137 e. The number of hydrogen-bond donors (Lipinski definition) is 0. The fourth-order valence-corrected chi connectivity index (χ4v) is 7.96. The van der Waals surface area contributed by atoms with Crippen molar-refractivity contribution >= 4 is 5.78 Å². The van der Waals surface area contributed by atoms with Crippen LogP contribution in [0.5, 0.6) is 0 Å². The van der Waals surface area contributed by atoms with E-state index in [0.717, 1.165) is 18.3 Å². The van der Waals surface area contributed by atoms with Crippen LogP contribution in [0.3, 0.4) is 0 Å². The predicted molar refractivity (Wildman–Crippen MR) is 85.8 cm³/mol. The number of rotatable bonds is 0. The minimum atomic E-state index is 0.366. The molecule has 1 nitrogen and oxygen atoms in total. The van der Waals surface area contributed by atoms with Gasteiger partial charge in [0.05, 0.1) is 0 Å². The third-order valence-electron chi connectivity index (χ3n) is 8.82. The van der Waals surface area contributed by atoms with Gasteiger partial charge in [-0.3, -0.25) is 4.79 Å². The average molecular weight is 288 g/mol. The van der Waals surface area contributed by atoms with Crippen LogP contribution >= 0.6 is 0 Å². The zero-order valence-electron chi connectivity index (χ0n) is 14.5. The summed E-state index contributed by atoms with van der Waals surface area (Å²) in [6.07, 6.45) is 7.62. The molecule has 0 N–H and O–H groups in total. The fraction of sp³-hybridized carbons (Fsp3) is 0.950. The van der Waals surface area contributed by atoms with Gasteiger partial charge in [-0.1, -0.05) is 34.6 Å². The van der Waals surface area contributed by atoms with Crippen molar-refractivity contribution in [3.05, 3.63) is 0 Å². The molecule has 21 heavy (non-hydrogen) atoms. The highest BCUT2D eigenvalue weighted by Gasteiger charge is 2.71. The maximum atomic E-state index is 13.1. The monoisotopic (exact) mass is 288 g/mol. The number of Topliss-reactive ketones (excluding diaryl/α,β-unsaturated/α-hetero) is 1. The second-order valence-electron chi connectivity index (χ2n) is 10.1. The number of carbonyl (C=O) groups excluding carboxylic acids is 1. The van der Waals surface area contributed by atoms with E-state index < -0.39 is 0 Å². The van der Waals surface area contributed by atoms with Crippen molar-refractivity contribution in [2.75, 3.05) is 0 Å². The van der Waals surface area contributed by atoms with Crippen molar-refractivity contribution in [2.45, 2.75) is 73.1 Å². The van der Waals surface area contributed by atoms with Crippen molar-refractivity contribution in [1.29, 1.82) is 0 Å². The van der Waals surface area contributed by atoms with Gasteiger partial charge < -0.3 is 0 Å². The summed E-state index contributed by atoms with van der Waals surface area (Å²) in [5, 5.41) is 0. The Labute approximate surface area is 130 Å². The SMILES string of the molecule is C[C@@H]1CC[C@H](C)C12CC(=O)[C@@H]1[C@H]2C[C@@]2(C)CCC(C)(C)[C@@H]12. The van der Waals surface area contributed by atoms with Crippen molar-refractivity contribution in [3.8, 4) is 0 Å². The van der Waals surface area contributed by atoms with Gasteiger partial charge in [-0.15, -0.1) is 0 Å². The van der Waals surface area contributed by atoms with Crippen LogP contribution in [0.4, 0.5) is 0 Å². The Morgan fingerprint density at radius 2 is 1.62 bits per heavy atom. The summed E-state index contributed by atoms with van der Waals surface area (Å²) in [5.74, 6) is 3.92. The molecule has 0 aromatic heterocycles. The van der Waals surface area contributed by atoms with Gasteiger partial charge in [0.2, 0.25) is 0 Å². The van der Waals surface area contributed by atoms with Gasteiger partial charge in [0.1, 0.15) is 5.78 Å². The molecule has 7 atom stereocenters. The van der Waals surface area contributed by atoms with Crippen LogP contribution in [-0.4, -0.2) is 5.78 Å². The normalized spacial score (nSPS) is 58.0. The summed E-state index contributed by atoms with van der Waals surface area (Å²) in [6, 6.07) is 0. The number of ketones is 1. The quantitative estimate of drug-likeness (QED) is 0.607. The molecular formula is C20H32O. The van der Waals surface area contributed by atoms with Crippen LogP contribution in [0, 0.1) is 45.8 Å². The molecule has 4 aliphatic carbocycles. The molecule has 4 fully saturated rings. The second-order valence-corrected chi connectivity index (χ2v) is 10.1. The summed E-state index contributed by atoms with van der Waals surface area (Å²) in [4.78, 5) is 13.1. The Bertz CT molecular complexity index is 480. The minimum absolute atomic E-state index is 0.366. The number of hydrogen-bond acceptors (Lipinski definition) is 1. The zero-order chi connectivity index (χ0) is 15.2. The van der Waals surface area contributed by atoms with Gasteiger partial charge in [-0.2, -0.15) is 0 Å². The zero-order valence-corrected chi connectivity index (χ0v) is 14.5. The van der Waals surface area contributed by atoms with Crippen molar-refractivity contribution in [1.82, 2.24) is 0 Å². The van der Waals surface area contributed by atoms with Crippen LogP contribution in [0.15, 0.2) is 0 Å². The third-order valence-corrected chi connectivity index (χ3v) is 8.82. The van der Waals surface area contributed by atoms with Gasteiger partial charge in [-0.25, -0.2) is 0 Å². The number of carbonyl (C=O) groups is 1. The van der Waals surface area contributed by atoms with Gasteiger partial charge in [0, 0.05) is 12.3 Å². The summed E-state index contributed by atoms with van der Waals surface area (Å²) in [7, 11) is 0. The summed E-state index contributed by atoms with van der Waals surface area (Å²) in [6.45, 7) is 12.3. The van der Waals surface area contributed by atoms with E-state index in [-0.39, 0.29) is 0 Å². The van der Waals surface area contributed by atoms with Crippen LogP contribution in [0.1, 0.15) is 73.1 Å².